The SMILES string of the molecule is COCC(C)c1c(C(=O)O)cnc2cc(Cl)nn12. The standard InChI is InChI=1S/C11H12ClN3O3/c1-6(5-18-2)10-7(11(16)17)4-13-9-3-8(12)14-15(9)10/h3-4,6H,5H2,1-2H3,(H,16,17). The third-order valence-electron chi connectivity index (χ3n) is 2.60. The Morgan fingerprint density at radius 2 is 2.39 bits per heavy atom. The molecule has 7 heteroatoms. The van der Waals surface area contributed by atoms with Crippen LogP contribution in [0.15, 0.2) is 12.3 Å². The van der Waals surface area contributed by atoms with Gasteiger partial charge in [0.25, 0.3) is 0 Å². The number of nitrogens with zero attached hydrogens (tertiary/aromatic N) is 3. The first-order chi connectivity index (χ1) is 8.54. The quantitative estimate of drug-likeness (QED) is 0.916. The van der Waals surface area contributed by atoms with Crippen LogP contribution in [0.5, 0.6) is 0 Å². The summed E-state index contributed by atoms with van der Waals surface area (Å²) in [7, 11) is 1.56. The molecule has 0 radical (unpaired) electrons. The number of hydrogen-bond acceptors (Lipinski definition) is 4. The molecule has 6 nitrogen and oxygen atoms in total. The second kappa shape index (κ2) is 4.91. The van der Waals surface area contributed by atoms with Crippen molar-refractivity contribution >= 4 is 23.2 Å². The number of rotatable bonds is 4. The number of aromatic carboxylic acids is 1. The summed E-state index contributed by atoms with van der Waals surface area (Å²) in [4.78, 5) is 15.2. The molecule has 2 heterocycles. The fourth-order valence-electron chi connectivity index (χ4n) is 1.89. The summed E-state index contributed by atoms with van der Waals surface area (Å²) < 4.78 is 6.51. The summed E-state index contributed by atoms with van der Waals surface area (Å²) in [5, 5.41) is 13.5. The van der Waals surface area contributed by atoms with Gasteiger partial charge in [-0.1, -0.05) is 18.5 Å². The van der Waals surface area contributed by atoms with Crippen LogP contribution in [0.1, 0.15) is 28.9 Å². The van der Waals surface area contributed by atoms with Gasteiger partial charge in [0.2, 0.25) is 0 Å². The average molecular weight is 270 g/mol. The Bertz CT molecular complexity index is 596. The lowest BCUT2D eigenvalue weighted by Crippen LogP contribution is -2.15. The topological polar surface area (TPSA) is 76.7 Å². The van der Waals surface area contributed by atoms with Gasteiger partial charge in [-0.05, 0) is 0 Å². The van der Waals surface area contributed by atoms with Crippen molar-refractivity contribution in [2.24, 2.45) is 0 Å². The monoisotopic (exact) mass is 269 g/mol. The van der Waals surface area contributed by atoms with E-state index in [1.165, 1.54) is 10.7 Å². The largest absolute Gasteiger partial charge is 0.478 e. The van der Waals surface area contributed by atoms with Crippen molar-refractivity contribution in [1.29, 1.82) is 0 Å². The first-order valence-electron chi connectivity index (χ1n) is 5.31. The Hall–Kier alpha value is -1.66. The van der Waals surface area contributed by atoms with E-state index < -0.39 is 5.97 Å². The number of methoxy groups -OCH3 is 1. The summed E-state index contributed by atoms with van der Waals surface area (Å²) in [6, 6.07) is 1.58. The predicted molar refractivity (Wildman–Crippen MR) is 65.2 cm³/mol. The molecule has 1 atom stereocenters. The van der Waals surface area contributed by atoms with Gasteiger partial charge in [0.15, 0.2) is 10.8 Å². The van der Waals surface area contributed by atoms with E-state index in [0.717, 1.165) is 0 Å². The van der Waals surface area contributed by atoms with E-state index in [9.17, 15) is 9.90 Å². The van der Waals surface area contributed by atoms with Gasteiger partial charge in [-0.2, -0.15) is 5.10 Å². The van der Waals surface area contributed by atoms with E-state index in [0.29, 0.717) is 17.9 Å². The molecule has 1 N–H and O–H groups in total. The number of halogens is 1. The number of aromatic nitrogens is 3. The molecule has 18 heavy (non-hydrogen) atoms. The van der Waals surface area contributed by atoms with Crippen LogP contribution in [0.4, 0.5) is 0 Å². The van der Waals surface area contributed by atoms with Crippen LogP contribution < -0.4 is 0 Å². The van der Waals surface area contributed by atoms with E-state index in [1.807, 2.05) is 6.92 Å². The number of hydrogen-bond donors (Lipinski definition) is 1. The summed E-state index contributed by atoms with van der Waals surface area (Å²) in [6.45, 7) is 2.25. The minimum atomic E-state index is -1.05. The van der Waals surface area contributed by atoms with Gasteiger partial charge in [-0.3, -0.25) is 0 Å². The lowest BCUT2D eigenvalue weighted by molar-refractivity contribution is 0.0692. The molecule has 0 aliphatic rings. The fourth-order valence-corrected chi connectivity index (χ4v) is 2.06. The zero-order valence-corrected chi connectivity index (χ0v) is 10.7. The van der Waals surface area contributed by atoms with Crippen molar-refractivity contribution in [3.8, 4) is 0 Å². The third-order valence-corrected chi connectivity index (χ3v) is 2.79. The number of carboxylic acid groups (broad SMARTS) is 1. The number of carboxylic acids is 1. The van der Waals surface area contributed by atoms with Crippen LogP contribution in [0.3, 0.4) is 0 Å². The van der Waals surface area contributed by atoms with E-state index in [-0.39, 0.29) is 16.6 Å². The third kappa shape index (κ3) is 2.16. The van der Waals surface area contributed by atoms with Gasteiger partial charge < -0.3 is 9.84 Å². The molecule has 0 amide bonds. The smallest absolute Gasteiger partial charge is 0.339 e. The van der Waals surface area contributed by atoms with Gasteiger partial charge in [-0.25, -0.2) is 14.3 Å². The first-order valence-corrected chi connectivity index (χ1v) is 5.68. The van der Waals surface area contributed by atoms with Crippen LogP contribution in [0.2, 0.25) is 5.15 Å². The Labute approximate surface area is 108 Å². The normalized spacial score (nSPS) is 12.8. The number of fused-ring (bicyclic) bond motifs is 1. The Morgan fingerprint density at radius 1 is 1.67 bits per heavy atom. The lowest BCUT2D eigenvalue weighted by atomic mass is 10.0. The Kier molecular flexibility index (Phi) is 3.49. The van der Waals surface area contributed by atoms with E-state index in [1.54, 1.807) is 13.2 Å². The van der Waals surface area contributed by atoms with Crippen LogP contribution in [0.25, 0.3) is 5.65 Å². The highest BCUT2D eigenvalue weighted by Crippen LogP contribution is 2.22. The maximum absolute atomic E-state index is 11.2. The van der Waals surface area contributed by atoms with E-state index >= 15 is 0 Å². The zero-order valence-electron chi connectivity index (χ0n) is 9.92. The molecule has 1 unspecified atom stereocenters. The molecule has 2 rings (SSSR count). The second-order valence-corrected chi connectivity index (χ2v) is 4.34. The summed E-state index contributed by atoms with van der Waals surface area (Å²) in [6.07, 6.45) is 1.32. The summed E-state index contributed by atoms with van der Waals surface area (Å²) in [5.74, 6) is -1.18. The highest BCUT2D eigenvalue weighted by molar-refractivity contribution is 6.29. The molecule has 0 bridgehead atoms. The molecule has 0 aromatic carbocycles. The zero-order chi connectivity index (χ0) is 13.3. The molecule has 0 saturated heterocycles. The van der Waals surface area contributed by atoms with Crippen molar-refractivity contribution in [3.05, 3.63) is 28.7 Å². The maximum Gasteiger partial charge on any atom is 0.339 e. The molecule has 2 aromatic heterocycles. The van der Waals surface area contributed by atoms with Crippen LogP contribution in [-0.2, 0) is 4.74 Å². The second-order valence-electron chi connectivity index (χ2n) is 3.96. The molecule has 0 aliphatic carbocycles. The average Bonchev–Trinajstić information content (AvgIpc) is 2.67. The molecular weight excluding hydrogens is 258 g/mol. The fraction of sp³-hybridized carbons (Fsp3) is 0.364. The maximum atomic E-state index is 11.2. The predicted octanol–water partition coefficient (Wildman–Crippen LogP) is 1.83. The van der Waals surface area contributed by atoms with Gasteiger partial charge in [0.05, 0.1) is 17.9 Å². The summed E-state index contributed by atoms with van der Waals surface area (Å²) >= 11 is 5.82. The van der Waals surface area contributed by atoms with Crippen molar-refractivity contribution in [3.63, 3.8) is 0 Å². The Morgan fingerprint density at radius 3 is 3.00 bits per heavy atom. The number of ether oxygens (including phenoxy) is 1. The first kappa shape index (κ1) is 12.8. The van der Waals surface area contributed by atoms with Crippen molar-refractivity contribution in [1.82, 2.24) is 14.6 Å². The van der Waals surface area contributed by atoms with Gasteiger partial charge in [0, 0.05) is 25.3 Å². The Balaban J connectivity index is 2.69. The molecule has 0 saturated carbocycles. The molecule has 0 fully saturated rings. The van der Waals surface area contributed by atoms with Crippen LogP contribution in [0, 0.1) is 0 Å². The highest BCUT2D eigenvalue weighted by atomic mass is 35.5. The van der Waals surface area contributed by atoms with Gasteiger partial charge in [-0.15, -0.1) is 0 Å². The minimum Gasteiger partial charge on any atom is -0.478 e. The summed E-state index contributed by atoms with van der Waals surface area (Å²) in [5.41, 5.74) is 1.15. The van der Waals surface area contributed by atoms with Crippen LogP contribution in [-0.4, -0.2) is 39.4 Å². The van der Waals surface area contributed by atoms with E-state index in [2.05, 4.69) is 10.1 Å². The van der Waals surface area contributed by atoms with Gasteiger partial charge in [0.1, 0.15) is 0 Å². The molecule has 0 aliphatic heterocycles. The molecule has 96 valence electrons. The van der Waals surface area contributed by atoms with Crippen molar-refractivity contribution in [2.75, 3.05) is 13.7 Å². The number of carbonyl (C=O) groups is 1. The molecule has 0 spiro atoms. The van der Waals surface area contributed by atoms with Crippen molar-refractivity contribution in [2.45, 2.75) is 12.8 Å². The molecular formula is C11H12ClN3O3. The minimum absolute atomic E-state index is 0.104. The van der Waals surface area contributed by atoms with Crippen molar-refractivity contribution < 1.29 is 14.6 Å². The molecule has 2 aromatic rings. The van der Waals surface area contributed by atoms with Gasteiger partial charge >= 0.3 is 5.97 Å². The van der Waals surface area contributed by atoms with Crippen LogP contribution >= 0.6 is 11.6 Å². The highest BCUT2D eigenvalue weighted by Gasteiger charge is 2.21. The lowest BCUT2D eigenvalue weighted by Gasteiger charge is -2.14. The van der Waals surface area contributed by atoms with E-state index in [4.69, 9.17) is 16.3 Å².